The molecule has 1 heterocycles. The Labute approximate surface area is 71.3 Å². The van der Waals surface area contributed by atoms with Gasteiger partial charge in [0, 0.05) is 13.1 Å². The Morgan fingerprint density at radius 3 is 2.83 bits per heavy atom. The summed E-state index contributed by atoms with van der Waals surface area (Å²) in [6.45, 7) is 0. The smallest absolute Gasteiger partial charge is 0.423 e. The Kier molecular flexibility index (Phi) is 1.64. The molecule has 0 saturated carbocycles. The first kappa shape index (κ1) is 7.40. The van der Waals surface area contributed by atoms with Gasteiger partial charge in [-0.2, -0.15) is 0 Å². The van der Waals surface area contributed by atoms with E-state index in [1.807, 2.05) is 18.3 Å². The van der Waals surface area contributed by atoms with E-state index in [0.29, 0.717) is 5.46 Å². The SMILES string of the molecule is OB(O)c1ccc2cc[nH]c2c1.[HH]. The zero-order chi connectivity index (χ0) is 8.55. The molecule has 3 nitrogen and oxygen atoms in total. The van der Waals surface area contributed by atoms with Gasteiger partial charge in [0.2, 0.25) is 0 Å². The van der Waals surface area contributed by atoms with Crippen LogP contribution in [-0.2, 0) is 0 Å². The second-order valence-electron chi connectivity index (χ2n) is 2.70. The van der Waals surface area contributed by atoms with Crippen LogP contribution in [0.1, 0.15) is 1.43 Å². The van der Waals surface area contributed by atoms with Crippen molar-refractivity contribution in [2.75, 3.05) is 0 Å². The molecule has 0 aliphatic heterocycles. The Morgan fingerprint density at radius 1 is 1.25 bits per heavy atom. The number of fused-ring (bicyclic) bond motifs is 1. The molecule has 0 aliphatic carbocycles. The van der Waals surface area contributed by atoms with Crippen LogP contribution in [0.2, 0.25) is 0 Å². The van der Waals surface area contributed by atoms with Crippen LogP contribution in [-0.4, -0.2) is 22.2 Å². The Bertz CT molecular complexity index is 402. The van der Waals surface area contributed by atoms with E-state index < -0.39 is 7.12 Å². The lowest BCUT2D eigenvalue weighted by Gasteiger charge is -1.97. The molecule has 2 aromatic rings. The van der Waals surface area contributed by atoms with Gasteiger partial charge in [-0.3, -0.25) is 0 Å². The Morgan fingerprint density at radius 2 is 2.08 bits per heavy atom. The quantitative estimate of drug-likeness (QED) is 0.522. The first-order chi connectivity index (χ1) is 5.77. The highest BCUT2D eigenvalue weighted by Gasteiger charge is 2.10. The van der Waals surface area contributed by atoms with E-state index in [2.05, 4.69) is 4.98 Å². The van der Waals surface area contributed by atoms with Crippen molar-refractivity contribution in [2.45, 2.75) is 0 Å². The highest BCUT2D eigenvalue weighted by atomic mass is 16.4. The Balaban J connectivity index is 0.000000845. The third-order valence-electron chi connectivity index (χ3n) is 1.88. The summed E-state index contributed by atoms with van der Waals surface area (Å²) in [6.07, 6.45) is 1.82. The number of H-pyrrole nitrogens is 1. The number of hydrogen-bond donors (Lipinski definition) is 3. The maximum Gasteiger partial charge on any atom is 0.488 e. The molecular formula is C8H10BNO2. The highest BCUT2D eigenvalue weighted by Crippen LogP contribution is 2.08. The van der Waals surface area contributed by atoms with Crippen molar-refractivity contribution in [3.63, 3.8) is 0 Å². The van der Waals surface area contributed by atoms with Gasteiger partial charge in [0.15, 0.2) is 0 Å². The van der Waals surface area contributed by atoms with E-state index in [1.54, 1.807) is 12.1 Å². The van der Waals surface area contributed by atoms with Crippen LogP contribution in [0.15, 0.2) is 30.5 Å². The summed E-state index contributed by atoms with van der Waals surface area (Å²) in [5.74, 6) is 0. The summed E-state index contributed by atoms with van der Waals surface area (Å²) in [4.78, 5) is 2.99. The van der Waals surface area contributed by atoms with E-state index in [4.69, 9.17) is 10.0 Å². The van der Waals surface area contributed by atoms with Gasteiger partial charge in [-0.15, -0.1) is 0 Å². The van der Waals surface area contributed by atoms with Crippen LogP contribution < -0.4 is 5.46 Å². The highest BCUT2D eigenvalue weighted by molar-refractivity contribution is 6.58. The monoisotopic (exact) mass is 163 g/mol. The summed E-state index contributed by atoms with van der Waals surface area (Å²) in [6, 6.07) is 7.20. The minimum Gasteiger partial charge on any atom is -0.423 e. The number of aromatic nitrogens is 1. The molecule has 3 N–H and O–H groups in total. The first-order valence-electron chi connectivity index (χ1n) is 3.70. The fraction of sp³-hybridized carbons (Fsp3) is 0. The van der Waals surface area contributed by atoms with Gasteiger partial charge in [0.05, 0.1) is 0 Å². The van der Waals surface area contributed by atoms with Crippen molar-refractivity contribution in [2.24, 2.45) is 0 Å². The predicted octanol–water partition coefficient (Wildman–Crippen LogP) is 0.0937. The second kappa shape index (κ2) is 2.66. The van der Waals surface area contributed by atoms with Crippen LogP contribution >= 0.6 is 0 Å². The topological polar surface area (TPSA) is 56.2 Å². The van der Waals surface area contributed by atoms with Gasteiger partial charge >= 0.3 is 7.12 Å². The van der Waals surface area contributed by atoms with Gasteiger partial charge in [0.25, 0.3) is 0 Å². The number of rotatable bonds is 1. The lowest BCUT2D eigenvalue weighted by molar-refractivity contribution is 0.426. The molecule has 0 radical (unpaired) electrons. The molecule has 1 aromatic heterocycles. The molecule has 1 aromatic carbocycles. The minimum atomic E-state index is -1.39. The third-order valence-corrected chi connectivity index (χ3v) is 1.88. The zero-order valence-corrected chi connectivity index (χ0v) is 6.36. The second-order valence-corrected chi connectivity index (χ2v) is 2.70. The minimum absolute atomic E-state index is 0. The number of benzene rings is 1. The molecule has 62 valence electrons. The van der Waals surface area contributed by atoms with E-state index >= 15 is 0 Å². The number of hydrogen-bond acceptors (Lipinski definition) is 2. The molecule has 12 heavy (non-hydrogen) atoms. The normalized spacial score (nSPS) is 10.5. The van der Waals surface area contributed by atoms with Crippen molar-refractivity contribution in [1.82, 2.24) is 4.98 Å². The molecule has 2 rings (SSSR count). The van der Waals surface area contributed by atoms with Crippen molar-refractivity contribution < 1.29 is 11.5 Å². The van der Waals surface area contributed by atoms with E-state index in [-0.39, 0.29) is 1.43 Å². The average molecular weight is 163 g/mol. The van der Waals surface area contributed by atoms with Crippen LogP contribution in [0.4, 0.5) is 0 Å². The predicted molar refractivity (Wildman–Crippen MR) is 50.2 cm³/mol. The lowest BCUT2D eigenvalue weighted by atomic mass is 9.80. The molecule has 0 amide bonds. The number of aromatic amines is 1. The standard InChI is InChI=1S/C8H8BNO2.H2/c11-9(12)7-2-1-6-3-4-10-8(6)5-7;/h1-5,10-12H;1H. The lowest BCUT2D eigenvalue weighted by Crippen LogP contribution is -2.29. The van der Waals surface area contributed by atoms with E-state index in [9.17, 15) is 0 Å². The molecule has 0 bridgehead atoms. The summed E-state index contributed by atoms with van der Waals surface area (Å²) >= 11 is 0. The number of nitrogens with one attached hydrogen (secondary N) is 1. The molecule has 0 atom stereocenters. The van der Waals surface area contributed by atoms with Gasteiger partial charge < -0.3 is 15.0 Å². The largest absolute Gasteiger partial charge is 0.488 e. The third kappa shape index (κ3) is 1.11. The molecule has 0 unspecified atom stereocenters. The summed E-state index contributed by atoms with van der Waals surface area (Å²) in [5.41, 5.74) is 1.42. The van der Waals surface area contributed by atoms with Crippen LogP contribution in [0.5, 0.6) is 0 Å². The first-order valence-corrected chi connectivity index (χ1v) is 3.70. The summed E-state index contributed by atoms with van der Waals surface area (Å²) in [5, 5.41) is 18.8. The van der Waals surface area contributed by atoms with Crippen molar-refractivity contribution in [3.05, 3.63) is 30.5 Å². The molecule has 0 saturated heterocycles. The fourth-order valence-electron chi connectivity index (χ4n) is 1.23. The van der Waals surface area contributed by atoms with Gasteiger partial charge in [-0.05, 0) is 23.0 Å². The van der Waals surface area contributed by atoms with Gasteiger partial charge in [-0.25, -0.2) is 0 Å². The van der Waals surface area contributed by atoms with Crippen molar-refractivity contribution in [1.29, 1.82) is 0 Å². The molecular weight excluding hydrogens is 153 g/mol. The van der Waals surface area contributed by atoms with Gasteiger partial charge in [0.1, 0.15) is 0 Å². The molecule has 0 spiro atoms. The van der Waals surface area contributed by atoms with E-state index in [0.717, 1.165) is 10.9 Å². The Hall–Kier alpha value is -1.26. The molecule has 0 aliphatic rings. The van der Waals surface area contributed by atoms with E-state index in [1.165, 1.54) is 0 Å². The van der Waals surface area contributed by atoms with Crippen molar-refractivity contribution in [3.8, 4) is 0 Å². The van der Waals surface area contributed by atoms with Crippen molar-refractivity contribution >= 4 is 23.5 Å². The summed E-state index contributed by atoms with van der Waals surface area (Å²) in [7, 11) is -1.39. The fourth-order valence-corrected chi connectivity index (χ4v) is 1.23. The van der Waals surface area contributed by atoms with Gasteiger partial charge in [-0.1, -0.05) is 12.1 Å². The summed E-state index contributed by atoms with van der Waals surface area (Å²) < 4.78 is 0. The maximum absolute atomic E-state index is 8.86. The zero-order valence-electron chi connectivity index (χ0n) is 6.36. The molecule has 4 heteroatoms. The van der Waals surface area contributed by atoms with Crippen LogP contribution in [0.25, 0.3) is 10.9 Å². The average Bonchev–Trinajstić information content (AvgIpc) is 2.49. The van der Waals surface area contributed by atoms with Crippen LogP contribution in [0, 0.1) is 0 Å². The maximum atomic E-state index is 8.86. The molecule has 0 fully saturated rings. The van der Waals surface area contributed by atoms with Crippen LogP contribution in [0.3, 0.4) is 0 Å².